The molecule has 1 aromatic carbocycles. The number of anilines is 1. The van der Waals surface area contributed by atoms with Crippen molar-refractivity contribution in [1.29, 1.82) is 0 Å². The smallest absolute Gasteiger partial charge is 0.243 e. The molecular weight excluding hydrogens is 394 g/mol. The molecule has 2 heterocycles. The number of sulfonamides is 1. The fraction of sp³-hybridized carbons (Fsp3) is 0.450. The fourth-order valence-corrected chi connectivity index (χ4v) is 5.57. The Morgan fingerprint density at radius 3 is 2.46 bits per heavy atom. The summed E-state index contributed by atoms with van der Waals surface area (Å²) in [5.74, 6) is -0.103. The zero-order valence-electron chi connectivity index (χ0n) is 16.3. The number of rotatable bonds is 8. The maximum Gasteiger partial charge on any atom is 0.243 e. The number of amides is 1. The van der Waals surface area contributed by atoms with Gasteiger partial charge >= 0.3 is 0 Å². The Labute approximate surface area is 171 Å². The quantitative estimate of drug-likeness (QED) is 0.709. The molecule has 1 aliphatic heterocycles. The van der Waals surface area contributed by atoms with E-state index in [1.165, 1.54) is 9.18 Å². The summed E-state index contributed by atoms with van der Waals surface area (Å²) in [6, 6.07) is 10.2. The number of hydrogen-bond acceptors (Lipinski definition) is 5. The largest absolute Gasteiger partial charge is 0.325 e. The second kappa shape index (κ2) is 9.17. The highest BCUT2D eigenvalue weighted by Crippen LogP contribution is 2.22. The van der Waals surface area contributed by atoms with Crippen LogP contribution >= 0.6 is 11.3 Å². The Bertz CT molecular complexity index is 874. The van der Waals surface area contributed by atoms with E-state index in [-0.39, 0.29) is 16.8 Å². The third kappa shape index (κ3) is 4.81. The van der Waals surface area contributed by atoms with Crippen LogP contribution in [0.5, 0.6) is 0 Å². The van der Waals surface area contributed by atoms with Crippen molar-refractivity contribution in [3.8, 4) is 0 Å². The Balaban J connectivity index is 1.63. The van der Waals surface area contributed by atoms with Crippen LogP contribution in [0.4, 0.5) is 5.69 Å². The van der Waals surface area contributed by atoms with E-state index in [4.69, 9.17) is 0 Å². The molecule has 1 aromatic heterocycles. The molecule has 1 N–H and O–H groups in total. The van der Waals surface area contributed by atoms with E-state index in [1.54, 1.807) is 35.6 Å². The minimum atomic E-state index is -3.43. The first-order valence-corrected chi connectivity index (χ1v) is 11.9. The number of thiophene rings is 1. The van der Waals surface area contributed by atoms with Crippen molar-refractivity contribution in [2.75, 3.05) is 25.0 Å². The topological polar surface area (TPSA) is 69.7 Å². The van der Waals surface area contributed by atoms with Crippen molar-refractivity contribution in [2.24, 2.45) is 0 Å². The molecular formula is C20H27N3O3S2. The van der Waals surface area contributed by atoms with Gasteiger partial charge in [0.25, 0.3) is 0 Å². The number of hydrogen-bond donors (Lipinski definition) is 1. The molecule has 0 unspecified atom stereocenters. The van der Waals surface area contributed by atoms with E-state index in [9.17, 15) is 13.2 Å². The standard InChI is InChI=1S/C20H27N3O3S2/c1-3-22(15-18-7-6-14-27-18)16(2)20(24)21-17-8-10-19(11-9-17)28(25,26)23-12-4-5-13-23/h6-11,14,16H,3-5,12-13,15H2,1-2H3,(H,21,24)/t16-/m1/s1. The Kier molecular flexibility index (Phi) is 6.87. The molecule has 0 spiro atoms. The van der Waals surface area contributed by atoms with Crippen molar-refractivity contribution in [3.63, 3.8) is 0 Å². The molecule has 3 rings (SSSR count). The van der Waals surface area contributed by atoms with Gasteiger partial charge in [0.15, 0.2) is 0 Å². The van der Waals surface area contributed by atoms with Crippen LogP contribution < -0.4 is 5.32 Å². The van der Waals surface area contributed by atoms with E-state index < -0.39 is 10.0 Å². The van der Waals surface area contributed by atoms with Crippen molar-refractivity contribution >= 4 is 33.0 Å². The molecule has 1 amide bonds. The molecule has 1 atom stereocenters. The van der Waals surface area contributed by atoms with E-state index in [0.29, 0.717) is 18.8 Å². The number of benzene rings is 1. The van der Waals surface area contributed by atoms with Gasteiger partial charge in [-0.2, -0.15) is 4.31 Å². The second-order valence-corrected chi connectivity index (χ2v) is 9.91. The van der Waals surface area contributed by atoms with Gasteiger partial charge in [-0.25, -0.2) is 8.42 Å². The van der Waals surface area contributed by atoms with Gasteiger partial charge in [0.1, 0.15) is 0 Å². The van der Waals surface area contributed by atoms with Crippen molar-refractivity contribution < 1.29 is 13.2 Å². The van der Waals surface area contributed by atoms with Gasteiger partial charge in [-0.05, 0) is 62.0 Å². The average molecular weight is 422 g/mol. The maximum atomic E-state index is 12.7. The van der Waals surface area contributed by atoms with Crippen LogP contribution in [-0.2, 0) is 21.4 Å². The highest BCUT2D eigenvalue weighted by atomic mass is 32.2. The lowest BCUT2D eigenvalue weighted by Gasteiger charge is -2.26. The van der Waals surface area contributed by atoms with Gasteiger partial charge < -0.3 is 5.32 Å². The summed E-state index contributed by atoms with van der Waals surface area (Å²) in [6.45, 7) is 6.58. The van der Waals surface area contributed by atoms with Crippen LogP contribution in [0.25, 0.3) is 0 Å². The van der Waals surface area contributed by atoms with Crippen LogP contribution in [0.1, 0.15) is 31.6 Å². The van der Waals surface area contributed by atoms with Gasteiger partial charge in [0, 0.05) is 30.2 Å². The van der Waals surface area contributed by atoms with Crippen molar-refractivity contribution in [2.45, 2.75) is 44.2 Å². The van der Waals surface area contributed by atoms with Gasteiger partial charge in [0.05, 0.1) is 10.9 Å². The van der Waals surface area contributed by atoms with Crippen LogP contribution in [0.3, 0.4) is 0 Å². The highest BCUT2D eigenvalue weighted by molar-refractivity contribution is 7.89. The molecule has 2 aromatic rings. The van der Waals surface area contributed by atoms with E-state index in [1.807, 2.05) is 25.3 Å². The molecule has 0 saturated carbocycles. The van der Waals surface area contributed by atoms with Crippen LogP contribution in [0.2, 0.25) is 0 Å². The van der Waals surface area contributed by atoms with Gasteiger partial charge in [0.2, 0.25) is 15.9 Å². The van der Waals surface area contributed by atoms with E-state index in [0.717, 1.165) is 25.9 Å². The summed E-state index contributed by atoms with van der Waals surface area (Å²) in [5, 5.41) is 4.93. The first kappa shape index (κ1) is 21.0. The SMILES string of the molecule is CCN(Cc1cccs1)[C@H](C)C(=O)Nc1ccc(S(=O)(=O)N2CCCC2)cc1. The number of carbonyl (C=O) groups excluding carboxylic acids is 1. The van der Waals surface area contributed by atoms with E-state index >= 15 is 0 Å². The maximum absolute atomic E-state index is 12.7. The van der Waals surface area contributed by atoms with Gasteiger partial charge in [-0.15, -0.1) is 11.3 Å². The normalized spacial score (nSPS) is 16.4. The lowest BCUT2D eigenvalue weighted by atomic mass is 10.2. The predicted molar refractivity (Wildman–Crippen MR) is 113 cm³/mol. The molecule has 28 heavy (non-hydrogen) atoms. The lowest BCUT2D eigenvalue weighted by Crippen LogP contribution is -2.41. The minimum absolute atomic E-state index is 0.103. The van der Waals surface area contributed by atoms with Crippen molar-refractivity contribution in [1.82, 2.24) is 9.21 Å². The zero-order chi connectivity index (χ0) is 20.1. The molecule has 0 radical (unpaired) electrons. The Morgan fingerprint density at radius 2 is 1.89 bits per heavy atom. The Hall–Kier alpha value is -1.74. The third-order valence-corrected chi connectivity index (χ3v) is 7.87. The fourth-order valence-electron chi connectivity index (χ4n) is 3.33. The molecule has 1 fully saturated rings. The number of likely N-dealkylation sites (N-methyl/N-ethyl adjacent to an activating group) is 1. The average Bonchev–Trinajstić information content (AvgIpc) is 3.40. The first-order valence-electron chi connectivity index (χ1n) is 9.59. The molecule has 152 valence electrons. The lowest BCUT2D eigenvalue weighted by molar-refractivity contribution is -0.120. The van der Waals surface area contributed by atoms with Crippen LogP contribution in [0, 0.1) is 0 Å². The first-order chi connectivity index (χ1) is 13.4. The third-order valence-electron chi connectivity index (χ3n) is 5.10. The number of carbonyl (C=O) groups is 1. The summed E-state index contributed by atoms with van der Waals surface area (Å²) >= 11 is 1.68. The monoisotopic (exact) mass is 421 g/mol. The van der Waals surface area contributed by atoms with Crippen LogP contribution in [0.15, 0.2) is 46.7 Å². The Morgan fingerprint density at radius 1 is 1.21 bits per heavy atom. The molecule has 1 aliphatic rings. The minimum Gasteiger partial charge on any atom is -0.325 e. The summed E-state index contributed by atoms with van der Waals surface area (Å²) < 4.78 is 26.7. The van der Waals surface area contributed by atoms with Crippen molar-refractivity contribution in [3.05, 3.63) is 46.7 Å². The molecule has 0 aliphatic carbocycles. The summed E-state index contributed by atoms with van der Waals surface area (Å²) in [7, 11) is -3.43. The van der Waals surface area contributed by atoms with E-state index in [2.05, 4.69) is 16.3 Å². The highest BCUT2D eigenvalue weighted by Gasteiger charge is 2.27. The molecule has 6 nitrogen and oxygen atoms in total. The predicted octanol–water partition coefficient (Wildman–Crippen LogP) is 3.38. The summed E-state index contributed by atoms with van der Waals surface area (Å²) in [6.07, 6.45) is 1.81. The molecule has 8 heteroatoms. The second-order valence-electron chi connectivity index (χ2n) is 6.94. The molecule has 1 saturated heterocycles. The summed E-state index contributed by atoms with van der Waals surface area (Å²) in [5.41, 5.74) is 0.601. The number of nitrogens with zero attached hydrogens (tertiary/aromatic N) is 2. The zero-order valence-corrected chi connectivity index (χ0v) is 17.9. The van der Waals surface area contributed by atoms with Gasteiger partial charge in [-0.1, -0.05) is 13.0 Å². The molecule has 0 bridgehead atoms. The summed E-state index contributed by atoms with van der Waals surface area (Å²) in [4.78, 5) is 16.3. The number of nitrogens with one attached hydrogen (secondary N) is 1. The van der Waals surface area contributed by atoms with Crippen LogP contribution in [-0.4, -0.2) is 49.2 Å². The van der Waals surface area contributed by atoms with Gasteiger partial charge in [-0.3, -0.25) is 9.69 Å².